The number of esters is 1. The van der Waals surface area contributed by atoms with Crippen molar-refractivity contribution < 1.29 is 14.3 Å². The Morgan fingerprint density at radius 3 is 2.00 bits per heavy atom. The van der Waals surface area contributed by atoms with Crippen molar-refractivity contribution in [3.8, 4) is 0 Å². The Bertz CT molecular complexity index is 364. The molecule has 0 bridgehead atoms. The molecule has 0 aromatic carbocycles. The normalized spacial score (nSPS) is 34.0. The van der Waals surface area contributed by atoms with E-state index in [2.05, 4.69) is 6.58 Å². The zero-order valence-electron chi connectivity index (χ0n) is 12.3. The fourth-order valence-electron chi connectivity index (χ4n) is 4.00. The van der Waals surface area contributed by atoms with Gasteiger partial charge in [0.2, 0.25) is 6.29 Å². The van der Waals surface area contributed by atoms with E-state index in [-0.39, 0.29) is 18.4 Å². The zero-order valence-corrected chi connectivity index (χ0v) is 12.3. The predicted molar refractivity (Wildman–Crippen MR) is 77.0 cm³/mol. The number of rotatable bonds is 2. The van der Waals surface area contributed by atoms with Crippen LogP contribution in [0.2, 0.25) is 0 Å². The molecule has 1 heterocycles. The SMILES string of the molecule is C=C1C(=O)O[C@H](C2CCCCC2)OC1C1CCCCC1. The first-order valence-corrected chi connectivity index (χ1v) is 8.31. The first-order chi connectivity index (χ1) is 9.75. The van der Waals surface area contributed by atoms with Gasteiger partial charge in [-0.2, -0.15) is 0 Å². The van der Waals surface area contributed by atoms with Crippen LogP contribution in [-0.2, 0) is 14.3 Å². The van der Waals surface area contributed by atoms with Crippen molar-refractivity contribution in [2.24, 2.45) is 11.8 Å². The highest BCUT2D eigenvalue weighted by atomic mass is 16.7. The maximum absolute atomic E-state index is 12.1. The van der Waals surface area contributed by atoms with E-state index < -0.39 is 0 Å². The molecule has 0 radical (unpaired) electrons. The summed E-state index contributed by atoms with van der Waals surface area (Å²) in [5, 5.41) is 0. The molecule has 0 spiro atoms. The number of carbonyl (C=O) groups is 1. The minimum atomic E-state index is -0.319. The third-order valence-corrected chi connectivity index (χ3v) is 5.22. The molecule has 0 amide bonds. The van der Waals surface area contributed by atoms with Gasteiger partial charge in [-0.15, -0.1) is 0 Å². The number of cyclic esters (lactones) is 1. The van der Waals surface area contributed by atoms with Crippen LogP contribution < -0.4 is 0 Å². The van der Waals surface area contributed by atoms with Crippen LogP contribution in [0.3, 0.4) is 0 Å². The van der Waals surface area contributed by atoms with Crippen LogP contribution in [0.15, 0.2) is 12.2 Å². The average Bonchev–Trinajstić information content (AvgIpc) is 2.51. The lowest BCUT2D eigenvalue weighted by molar-refractivity contribution is -0.226. The molecule has 3 nitrogen and oxygen atoms in total. The summed E-state index contributed by atoms with van der Waals surface area (Å²) in [5.74, 6) is 0.643. The Kier molecular flexibility index (Phi) is 4.45. The van der Waals surface area contributed by atoms with E-state index in [1.54, 1.807) is 0 Å². The fourth-order valence-corrected chi connectivity index (χ4v) is 4.00. The Hall–Kier alpha value is -0.830. The molecule has 2 atom stereocenters. The Balaban J connectivity index is 1.68. The van der Waals surface area contributed by atoms with Crippen LogP contribution in [0.25, 0.3) is 0 Å². The predicted octanol–water partition coefficient (Wildman–Crippen LogP) is 3.97. The van der Waals surface area contributed by atoms with Gasteiger partial charge in [-0.25, -0.2) is 4.79 Å². The highest BCUT2D eigenvalue weighted by Gasteiger charge is 2.41. The molecule has 3 rings (SSSR count). The van der Waals surface area contributed by atoms with E-state index in [1.807, 2.05) is 0 Å². The van der Waals surface area contributed by atoms with E-state index >= 15 is 0 Å². The van der Waals surface area contributed by atoms with Gasteiger partial charge in [0.15, 0.2) is 0 Å². The molecule has 0 aromatic heterocycles. The maximum atomic E-state index is 12.1. The summed E-state index contributed by atoms with van der Waals surface area (Å²) < 4.78 is 11.7. The largest absolute Gasteiger partial charge is 0.432 e. The Morgan fingerprint density at radius 2 is 1.40 bits per heavy atom. The second-order valence-corrected chi connectivity index (χ2v) is 6.65. The smallest absolute Gasteiger partial charge is 0.338 e. The molecule has 3 fully saturated rings. The molecule has 3 aliphatic rings. The van der Waals surface area contributed by atoms with Crippen molar-refractivity contribution >= 4 is 5.97 Å². The topological polar surface area (TPSA) is 35.5 Å². The molecule has 3 heteroatoms. The zero-order chi connectivity index (χ0) is 13.9. The molecule has 112 valence electrons. The monoisotopic (exact) mass is 278 g/mol. The minimum absolute atomic E-state index is 0.0940. The van der Waals surface area contributed by atoms with Crippen molar-refractivity contribution in [2.75, 3.05) is 0 Å². The molecule has 1 aliphatic heterocycles. The molecule has 1 unspecified atom stereocenters. The molecular weight excluding hydrogens is 252 g/mol. The lowest BCUT2D eigenvalue weighted by Crippen LogP contribution is -2.45. The summed E-state index contributed by atoms with van der Waals surface area (Å²) >= 11 is 0. The van der Waals surface area contributed by atoms with Gasteiger partial charge in [-0.3, -0.25) is 0 Å². The van der Waals surface area contributed by atoms with Gasteiger partial charge in [0.05, 0.1) is 11.7 Å². The van der Waals surface area contributed by atoms with Gasteiger partial charge in [0, 0.05) is 5.92 Å². The van der Waals surface area contributed by atoms with Crippen molar-refractivity contribution in [2.45, 2.75) is 76.6 Å². The highest BCUT2D eigenvalue weighted by molar-refractivity contribution is 5.89. The maximum Gasteiger partial charge on any atom is 0.338 e. The van der Waals surface area contributed by atoms with Crippen molar-refractivity contribution in [3.05, 3.63) is 12.2 Å². The molecule has 0 N–H and O–H groups in total. The summed E-state index contributed by atoms with van der Waals surface area (Å²) in [5.41, 5.74) is 0.545. The van der Waals surface area contributed by atoms with E-state index in [4.69, 9.17) is 9.47 Å². The van der Waals surface area contributed by atoms with Gasteiger partial charge >= 0.3 is 5.97 Å². The van der Waals surface area contributed by atoms with E-state index in [1.165, 1.54) is 38.5 Å². The van der Waals surface area contributed by atoms with Crippen LogP contribution in [0.4, 0.5) is 0 Å². The van der Waals surface area contributed by atoms with Crippen LogP contribution in [-0.4, -0.2) is 18.4 Å². The fraction of sp³-hybridized carbons (Fsp3) is 0.824. The van der Waals surface area contributed by atoms with E-state index in [0.29, 0.717) is 17.4 Å². The molecule has 1 saturated heterocycles. The molecular formula is C17H26O3. The first-order valence-electron chi connectivity index (χ1n) is 8.31. The quantitative estimate of drug-likeness (QED) is 0.566. The average molecular weight is 278 g/mol. The number of carbonyl (C=O) groups excluding carboxylic acids is 1. The van der Waals surface area contributed by atoms with Crippen molar-refractivity contribution in [3.63, 3.8) is 0 Å². The van der Waals surface area contributed by atoms with Gasteiger partial charge < -0.3 is 9.47 Å². The highest BCUT2D eigenvalue weighted by Crippen LogP contribution is 2.38. The van der Waals surface area contributed by atoms with Crippen LogP contribution >= 0.6 is 0 Å². The Labute approximate surface area is 121 Å². The third kappa shape index (κ3) is 2.93. The van der Waals surface area contributed by atoms with Crippen LogP contribution in [0.1, 0.15) is 64.2 Å². The second kappa shape index (κ2) is 6.30. The van der Waals surface area contributed by atoms with Gasteiger partial charge in [-0.05, 0) is 31.6 Å². The van der Waals surface area contributed by atoms with Gasteiger partial charge in [0.1, 0.15) is 0 Å². The van der Waals surface area contributed by atoms with Gasteiger partial charge in [-0.1, -0.05) is 45.1 Å². The second-order valence-electron chi connectivity index (χ2n) is 6.65. The van der Waals surface area contributed by atoms with E-state index in [9.17, 15) is 4.79 Å². The van der Waals surface area contributed by atoms with Crippen molar-refractivity contribution in [1.82, 2.24) is 0 Å². The Morgan fingerprint density at radius 1 is 0.850 bits per heavy atom. The summed E-state index contributed by atoms with van der Waals surface area (Å²) in [6.45, 7) is 3.93. The number of hydrogen-bond acceptors (Lipinski definition) is 3. The molecule has 20 heavy (non-hydrogen) atoms. The standard InChI is InChI=1S/C17H26O3/c1-12-15(13-8-4-2-5-9-13)19-17(20-16(12)18)14-10-6-3-7-11-14/h13-15,17H,1-11H2/t15?,17-/m1/s1. The minimum Gasteiger partial charge on any atom is -0.432 e. The summed E-state index contributed by atoms with van der Waals surface area (Å²) in [6, 6.07) is 0. The van der Waals surface area contributed by atoms with E-state index in [0.717, 1.165) is 25.7 Å². The molecule has 0 aromatic rings. The summed E-state index contributed by atoms with van der Waals surface area (Å²) in [7, 11) is 0. The summed E-state index contributed by atoms with van der Waals surface area (Å²) in [6.07, 6.45) is 11.7. The van der Waals surface area contributed by atoms with Crippen molar-refractivity contribution in [1.29, 1.82) is 0 Å². The molecule has 2 saturated carbocycles. The van der Waals surface area contributed by atoms with Crippen LogP contribution in [0, 0.1) is 11.8 Å². The molecule has 2 aliphatic carbocycles. The lowest BCUT2D eigenvalue weighted by atomic mass is 9.82. The number of hydrogen-bond donors (Lipinski definition) is 0. The third-order valence-electron chi connectivity index (χ3n) is 5.22. The van der Waals surface area contributed by atoms with Crippen LogP contribution in [0.5, 0.6) is 0 Å². The van der Waals surface area contributed by atoms with Gasteiger partial charge in [0.25, 0.3) is 0 Å². The lowest BCUT2D eigenvalue weighted by Gasteiger charge is -2.40. The summed E-state index contributed by atoms with van der Waals surface area (Å²) in [4.78, 5) is 12.1. The number of ether oxygens (including phenoxy) is 2. The first kappa shape index (κ1) is 14.1.